The minimum Gasteiger partial charge on any atom is -0.497 e. The van der Waals surface area contributed by atoms with Crippen LogP contribution in [0.2, 0.25) is 0 Å². The van der Waals surface area contributed by atoms with Gasteiger partial charge in [-0.2, -0.15) is 9.67 Å². The lowest BCUT2D eigenvalue weighted by Gasteiger charge is -2.15. The largest absolute Gasteiger partial charge is 0.497 e. The molecule has 1 amide bonds. The zero-order valence-corrected chi connectivity index (χ0v) is 12.8. The summed E-state index contributed by atoms with van der Waals surface area (Å²) in [7, 11) is 1.57. The Morgan fingerprint density at radius 3 is 2.73 bits per heavy atom. The van der Waals surface area contributed by atoms with Crippen molar-refractivity contribution in [1.29, 1.82) is 0 Å². The van der Waals surface area contributed by atoms with Crippen LogP contribution in [0.4, 0.5) is 10.5 Å². The third-order valence-corrected chi connectivity index (χ3v) is 3.53. The highest BCUT2D eigenvalue weighted by Gasteiger charge is 2.33. The quantitative estimate of drug-likeness (QED) is 0.862. The van der Waals surface area contributed by atoms with Crippen molar-refractivity contribution in [3.05, 3.63) is 40.6 Å². The molecular formula is C15H18N4O3. The van der Waals surface area contributed by atoms with Crippen molar-refractivity contribution < 1.29 is 9.53 Å². The molecule has 0 aliphatic carbocycles. The van der Waals surface area contributed by atoms with Crippen molar-refractivity contribution >= 4 is 11.7 Å². The lowest BCUT2D eigenvalue weighted by Crippen LogP contribution is -2.35. The van der Waals surface area contributed by atoms with E-state index in [-0.39, 0.29) is 24.2 Å². The third-order valence-electron chi connectivity index (χ3n) is 3.53. The summed E-state index contributed by atoms with van der Waals surface area (Å²) < 4.78 is 7.67. The molecular weight excluding hydrogens is 284 g/mol. The molecule has 0 N–H and O–H groups in total. The van der Waals surface area contributed by atoms with E-state index in [0.717, 1.165) is 4.57 Å². The second kappa shape index (κ2) is 5.32. The monoisotopic (exact) mass is 302 g/mol. The van der Waals surface area contributed by atoms with Gasteiger partial charge in [0.1, 0.15) is 5.75 Å². The van der Waals surface area contributed by atoms with Gasteiger partial charge >= 0.3 is 11.7 Å². The summed E-state index contributed by atoms with van der Waals surface area (Å²) >= 11 is 0. The topological polar surface area (TPSA) is 69.4 Å². The fraction of sp³-hybridized carbons (Fsp3) is 0.400. The fourth-order valence-corrected chi connectivity index (χ4v) is 2.52. The summed E-state index contributed by atoms with van der Waals surface area (Å²) in [6.07, 6.45) is 0. The number of fused-ring (bicyclic) bond motifs is 1. The summed E-state index contributed by atoms with van der Waals surface area (Å²) in [6, 6.07) is 6.80. The van der Waals surface area contributed by atoms with Crippen LogP contribution >= 0.6 is 0 Å². The van der Waals surface area contributed by atoms with Gasteiger partial charge in [0, 0.05) is 18.3 Å². The molecule has 0 unspecified atom stereocenters. The van der Waals surface area contributed by atoms with E-state index >= 15 is 0 Å². The Morgan fingerprint density at radius 2 is 2.09 bits per heavy atom. The average molecular weight is 302 g/mol. The number of ether oxygens (including phenoxy) is 1. The smallest absolute Gasteiger partial charge is 0.354 e. The number of anilines is 1. The Hall–Kier alpha value is -2.57. The number of carbonyl (C=O) groups is 1. The van der Waals surface area contributed by atoms with E-state index in [4.69, 9.17) is 4.74 Å². The Kier molecular flexibility index (Phi) is 3.48. The van der Waals surface area contributed by atoms with E-state index in [2.05, 4.69) is 5.10 Å². The standard InChI is InChI=1S/C15H18N4O3/c1-10(2)8-18-15(21)19-13(16-18)9-17(14(19)20)11-5-4-6-12(7-11)22-3/h4-7,10H,8-9H2,1-3H3. The molecule has 1 aromatic carbocycles. The second-order valence-corrected chi connectivity index (χ2v) is 5.68. The molecule has 0 radical (unpaired) electrons. The first-order chi connectivity index (χ1) is 10.5. The van der Waals surface area contributed by atoms with Gasteiger partial charge in [0.25, 0.3) is 0 Å². The first-order valence-corrected chi connectivity index (χ1v) is 7.16. The van der Waals surface area contributed by atoms with E-state index in [9.17, 15) is 9.59 Å². The lowest BCUT2D eigenvalue weighted by molar-refractivity contribution is 0.249. The maximum atomic E-state index is 12.5. The van der Waals surface area contributed by atoms with E-state index in [1.54, 1.807) is 31.4 Å². The Bertz CT molecular complexity index is 775. The van der Waals surface area contributed by atoms with Gasteiger partial charge in [0.15, 0.2) is 5.82 Å². The minimum absolute atomic E-state index is 0.284. The summed E-state index contributed by atoms with van der Waals surface area (Å²) in [4.78, 5) is 26.3. The number of carbonyl (C=O) groups excluding carboxylic acids is 1. The molecule has 7 nitrogen and oxygen atoms in total. The van der Waals surface area contributed by atoms with Crippen molar-refractivity contribution in [2.75, 3.05) is 12.0 Å². The molecule has 2 heterocycles. The van der Waals surface area contributed by atoms with Crippen LogP contribution in [0.15, 0.2) is 29.1 Å². The predicted molar refractivity (Wildman–Crippen MR) is 81.3 cm³/mol. The van der Waals surface area contributed by atoms with Gasteiger partial charge < -0.3 is 4.74 Å². The molecule has 22 heavy (non-hydrogen) atoms. The van der Waals surface area contributed by atoms with Crippen LogP contribution in [0.5, 0.6) is 5.75 Å². The van der Waals surface area contributed by atoms with Crippen LogP contribution in [0.3, 0.4) is 0 Å². The Balaban J connectivity index is 1.93. The summed E-state index contributed by atoms with van der Waals surface area (Å²) in [5.41, 5.74) is 0.309. The van der Waals surface area contributed by atoms with E-state index in [1.165, 1.54) is 9.58 Å². The first kappa shape index (κ1) is 14.4. The van der Waals surface area contributed by atoms with Crippen molar-refractivity contribution in [3.8, 4) is 5.75 Å². The van der Waals surface area contributed by atoms with Crippen molar-refractivity contribution in [3.63, 3.8) is 0 Å². The fourth-order valence-electron chi connectivity index (χ4n) is 2.52. The number of benzene rings is 1. The van der Waals surface area contributed by atoms with Crippen LogP contribution in [0.25, 0.3) is 0 Å². The third kappa shape index (κ3) is 2.28. The molecule has 0 saturated carbocycles. The molecule has 2 aromatic rings. The molecule has 0 bridgehead atoms. The minimum atomic E-state index is -0.376. The van der Waals surface area contributed by atoms with Crippen LogP contribution < -0.4 is 15.3 Å². The SMILES string of the molecule is COc1cccc(N2Cc3nn(CC(C)C)c(=O)n3C2=O)c1. The molecule has 1 aliphatic rings. The van der Waals surface area contributed by atoms with Crippen molar-refractivity contribution in [2.45, 2.75) is 26.9 Å². The van der Waals surface area contributed by atoms with E-state index < -0.39 is 0 Å². The Labute approximate surface area is 127 Å². The number of hydrogen-bond acceptors (Lipinski definition) is 4. The summed E-state index contributed by atoms with van der Waals surface area (Å²) in [5.74, 6) is 1.42. The lowest BCUT2D eigenvalue weighted by atomic mass is 10.2. The van der Waals surface area contributed by atoms with Gasteiger partial charge in [0.05, 0.1) is 13.7 Å². The highest BCUT2D eigenvalue weighted by atomic mass is 16.5. The average Bonchev–Trinajstić information content (AvgIpc) is 2.97. The van der Waals surface area contributed by atoms with Gasteiger partial charge in [-0.25, -0.2) is 14.3 Å². The highest BCUT2D eigenvalue weighted by Crippen LogP contribution is 2.25. The number of methoxy groups -OCH3 is 1. The zero-order chi connectivity index (χ0) is 15.9. The van der Waals surface area contributed by atoms with Crippen molar-refractivity contribution in [1.82, 2.24) is 14.3 Å². The van der Waals surface area contributed by atoms with Crippen LogP contribution in [0, 0.1) is 5.92 Å². The number of amides is 1. The van der Waals surface area contributed by atoms with E-state index in [0.29, 0.717) is 23.8 Å². The molecule has 0 saturated heterocycles. The first-order valence-electron chi connectivity index (χ1n) is 7.16. The van der Waals surface area contributed by atoms with Crippen LogP contribution in [-0.2, 0) is 13.1 Å². The van der Waals surface area contributed by atoms with Crippen LogP contribution in [0.1, 0.15) is 19.7 Å². The molecule has 3 rings (SSSR count). The predicted octanol–water partition coefficient (Wildman–Crippen LogP) is 1.70. The molecule has 0 fully saturated rings. The maximum absolute atomic E-state index is 12.5. The van der Waals surface area contributed by atoms with Gasteiger partial charge in [0.2, 0.25) is 0 Å². The Morgan fingerprint density at radius 1 is 1.32 bits per heavy atom. The molecule has 0 atom stereocenters. The second-order valence-electron chi connectivity index (χ2n) is 5.68. The van der Waals surface area contributed by atoms with Crippen molar-refractivity contribution in [2.24, 2.45) is 5.92 Å². The number of nitrogens with zero attached hydrogens (tertiary/aromatic N) is 4. The molecule has 7 heteroatoms. The summed E-state index contributed by atoms with van der Waals surface area (Å²) in [6.45, 7) is 4.79. The molecule has 1 aromatic heterocycles. The zero-order valence-electron chi connectivity index (χ0n) is 12.8. The molecule has 0 spiro atoms. The maximum Gasteiger partial charge on any atom is 0.354 e. The highest BCUT2D eigenvalue weighted by molar-refractivity contribution is 5.96. The van der Waals surface area contributed by atoms with Crippen LogP contribution in [-0.4, -0.2) is 27.5 Å². The van der Waals surface area contributed by atoms with Gasteiger partial charge in [-0.3, -0.25) is 4.90 Å². The van der Waals surface area contributed by atoms with Gasteiger partial charge in [-0.1, -0.05) is 19.9 Å². The molecule has 1 aliphatic heterocycles. The van der Waals surface area contributed by atoms with Gasteiger partial charge in [-0.15, -0.1) is 0 Å². The number of hydrogen-bond donors (Lipinski definition) is 0. The van der Waals surface area contributed by atoms with Gasteiger partial charge in [-0.05, 0) is 18.1 Å². The summed E-state index contributed by atoms with van der Waals surface area (Å²) in [5, 5.41) is 4.27. The van der Waals surface area contributed by atoms with E-state index in [1.807, 2.05) is 13.8 Å². The normalized spacial score (nSPS) is 13.8. The number of aromatic nitrogens is 3. The molecule has 116 valence electrons. The number of rotatable bonds is 4.